The second-order valence-corrected chi connectivity index (χ2v) is 9.21. The van der Waals surface area contributed by atoms with Crippen LogP contribution in [0, 0.1) is 0 Å². The third-order valence-corrected chi connectivity index (χ3v) is 6.38. The lowest BCUT2D eigenvalue weighted by Gasteiger charge is -2.13. The minimum Gasteiger partial charge on any atom is -0.497 e. The average molecular weight is 576 g/mol. The largest absolute Gasteiger partial charge is 0.497 e. The lowest BCUT2D eigenvalue weighted by Crippen LogP contribution is -2.26. The summed E-state index contributed by atoms with van der Waals surface area (Å²) in [6.45, 7) is 4.35. The molecule has 1 fully saturated rings. The summed E-state index contributed by atoms with van der Waals surface area (Å²) in [4.78, 5) is 28.2. The standard InChI is InChI=1S/C27H29N9O6/c1-3-40-22-13-17(9-10-21(22)41-27(38)18-7-6-8-19(14-18)39-2)15-29-31-26(37)23-20(16-35-11-4-5-12-35)30-34-36(23)25-24(28)32-42-33-25/h6-10,13-15H,3-5,11-12,16H2,1-2H3,(H2,28,32)(H,31,37)/b29-15-. The Morgan fingerprint density at radius 3 is 2.71 bits per heavy atom. The molecule has 2 aromatic heterocycles. The first-order valence-electron chi connectivity index (χ1n) is 13.2. The van der Waals surface area contributed by atoms with Crippen LogP contribution in [0.15, 0.2) is 52.2 Å². The Hall–Kier alpha value is -5.31. The number of amides is 1. The predicted molar refractivity (Wildman–Crippen MR) is 149 cm³/mol. The number of ether oxygens (including phenoxy) is 3. The quantitative estimate of drug-likeness (QED) is 0.115. The van der Waals surface area contributed by atoms with Crippen molar-refractivity contribution in [2.45, 2.75) is 26.3 Å². The summed E-state index contributed by atoms with van der Waals surface area (Å²) >= 11 is 0. The Kier molecular flexibility index (Phi) is 8.67. The normalized spacial score (nSPS) is 13.4. The molecule has 15 nitrogen and oxygen atoms in total. The fourth-order valence-corrected chi connectivity index (χ4v) is 4.37. The number of nitrogen functional groups attached to an aromatic ring is 1. The van der Waals surface area contributed by atoms with Crippen molar-refractivity contribution in [2.24, 2.45) is 5.10 Å². The Balaban J connectivity index is 1.32. The van der Waals surface area contributed by atoms with Gasteiger partial charge in [0.2, 0.25) is 11.6 Å². The Bertz CT molecular complexity index is 1590. The smallest absolute Gasteiger partial charge is 0.343 e. The van der Waals surface area contributed by atoms with Gasteiger partial charge >= 0.3 is 5.97 Å². The summed E-state index contributed by atoms with van der Waals surface area (Å²) < 4.78 is 22.3. The molecule has 0 radical (unpaired) electrons. The van der Waals surface area contributed by atoms with E-state index in [0.717, 1.165) is 25.9 Å². The molecule has 1 aliphatic rings. The number of nitrogens with zero attached hydrogens (tertiary/aromatic N) is 7. The van der Waals surface area contributed by atoms with E-state index in [9.17, 15) is 9.59 Å². The number of carbonyl (C=O) groups is 2. The number of aromatic nitrogens is 5. The molecule has 1 saturated heterocycles. The van der Waals surface area contributed by atoms with Crippen molar-refractivity contribution in [3.05, 3.63) is 65.0 Å². The van der Waals surface area contributed by atoms with Gasteiger partial charge in [-0.2, -0.15) is 9.78 Å². The van der Waals surface area contributed by atoms with E-state index < -0.39 is 11.9 Å². The lowest BCUT2D eigenvalue weighted by atomic mass is 10.2. The van der Waals surface area contributed by atoms with Gasteiger partial charge < -0.3 is 19.9 Å². The SMILES string of the molecule is CCOc1cc(/C=N\NC(=O)c2c(CN3CCCC3)nnn2-c2nonc2N)ccc1OC(=O)c1cccc(OC)c1. The number of esters is 1. The highest BCUT2D eigenvalue weighted by Gasteiger charge is 2.27. The molecule has 5 rings (SSSR count). The van der Waals surface area contributed by atoms with Gasteiger partial charge in [-0.05, 0) is 85.1 Å². The highest BCUT2D eigenvalue weighted by molar-refractivity contribution is 5.95. The Morgan fingerprint density at radius 2 is 1.98 bits per heavy atom. The first kappa shape index (κ1) is 28.2. The minimum absolute atomic E-state index is 0.0409. The van der Waals surface area contributed by atoms with Crippen LogP contribution in [0.4, 0.5) is 5.82 Å². The number of carbonyl (C=O) groups excluding carboxylic acids is 2. The number of nitrogens with one attached hydrogen (secondary N) is 1. The number of methoxy groups -OCH3 is 1. The number of hydrazone groups is 1. The second-order valence-electron chi connectivity index (χ2n) is 9.21. The minimum atomic E-state index is -0.582. The van der Waals surface area contributed by atoms with Crippen LogP contribution in [-0.4, -0.2) is 75.1 Å². The summed E-state index contributed by atoms with van der Waals surface area (Å²) in [5, 5.41) is 19.7. The van der Waals surface area contributed by atoms with E-state index in [1.54, 1.807) is 42.5 Å². The molecule has 0 saturated carbocycles. The lowest BCUT2D eigenvalue weighted by molar-refractivity contribution is 0.0727. The summed E-state index contributed by atoms with van der Waals surface area (Å²) in [6.07, 6.45) is 3.57. The van der Waals surface area contributed by atoms with Crippen LogP contribution in [0.3, 0.4) is 0 Å². The first-order chi connectivity index (χ1) is 20.5. The predicted octanol–water partition coefficient (Wildman–Crippen LogP) is 2.22. The molecule has 0 unspecified atom stereocenters. The van der Waals surface area contributed by atoms with Crippen molar-refractivity contribution in [1.29, 1.82) is 0 Å². The molecule has 0 bridgehead atoms. The van der Waals surface area contributed by atoms with Crippen LogP contribution in [-0.2, 0) is 6.54 Å². The maximum absolute atomic E-state index is 13.3. The maximum atomic E-state index is 13.3. The molecule has 4 aromatic rings. The molecule has 3 N–H and O–H groups in total. The monoisotopic (exact) mass is 575 g/mol. The molecule has 2 aromatic carbocycles. The second kappa shape index (κ2) is 12.9. The number of hydrogen-bond donors (Lipinski definition) is 2. The van der Waals surface area contributed by atoms with E-state index in [4.69, 9.17) is 19.9 Å². The number of likely N-dealkylation sites (tertiary alicyclic amines) is 1. The van der Waals surface area contributed by atoms with Gasteiger partial charge in [0, 0.05) is 6.54 Å². The van der Waals surface area contributed by atoms with E-state index in [0.29, 0.717) is 41.5 Å². The van der Waals surface area contributed by atoms with Crippen LogP contribution in [0.1, 0.15) is 51.9 Å². The number of anilines is 1. The zero-order valence-corrected chi connectivity index (χ0v) is 23.0. The molecule has 0 atom stereocenters. The molecular weight excluding hydrogens is 546 g/mol. The molecule has 0 aliphatic carbocycles. The van der Waals surface area contributed by atoms with Gasteiger partial charge in [-0.25, -0.2) is 14.8 Å². The van der Waals surface area contributed by atoms with Gasteiger partial charge in [-0.3, -0.25) is 9.69 Å². The van der Waals surface area contributed by atoms with Crippen molar-refractivity contribution in [3.63, 3.8) is 0 Å². The van der Waals surface area contributed by atoms with Crippen molar-refractivity contribution in [2.75, 3.05) is 32.5 Å². The molecule has 42 heavy (non-hydrogen) atoms. The third-order valence-electron chi connectivity index (χ3n) is 6.38. The van der Waals surface area contributed by atoms with E-state index in [-0.39, 0.29) is 23.1 Å². The number of nitrogens with two attached hydrogens (primary N) is 1. The van der Waals surface area contributed by atoms with Crippen molar-refractivity contribution in [1.82, 2.24) is 35.6 Å². The van der Waals surface area contributed by atoms with Crippen LogP contribution in [0.2, 0.25) is 0 Å². The topological polar surface area (TPSA) is 185 Å². The Labute approximate surface area is 240 Å². The number of benzene rings is 2. The van der Waals surface area contributed by atoms with Crippen LogP contribution in [0.5, 0.6) is 17.2 Å². The fraction of sp³-hybridized carbons (Fsp3) is 0.296. The van der Waals surface area contributed by atoms with Crippen molar-refractivity contribution < 1.29 is 28.4 Å². The molecular formula is C27H29N9O6. The maximum Gasteiger partial charge on any atom is 0.343 e. The summed E-state index contributed by atoms with van der Waals surface area (Å²) in [5.74, 6) is -0.0561. The fourth-order valence-electron chi connectivity index (χ4n) is 4.37. The van der Waals surface area contributed by atoms with Gasteiger partial charge in [0.15, 0.2) is 17.2 Å². The molecule has 15 heteroatoms. The van der Waals surface area contributed by atoms with E-state index in [1.165, 1.54) is 18.0 Å². The summed E-state index contributed by atoms with van der Waals surface area (Å²) in [6, 6.07) is 11.5. The zero-order valence-electron chi connectivity index (χ0n) is 23.0. The van der Waals surface area contributed by atoms with Gasteiger partial charge in [0.1, 0.15) is 11.4 Å². The zero-order chi connectivity index (χ0) is 29.5. The average Bonchev–Trinajstić information content (AvgIpc) is 3.76. The van der Waals surface area contributed by atoms with Gasteiger partial charge in [-0.1, -0.05) is 11.3 Å². The molecule has 1 amide bonds. The molecule has 218 valence electrons. The Morgan fingerprint density at radius 1 is 1.14 bits per heavy atom. The van der Waals surface area contributed by atoms with Crippen LogP contribution in [0.25, 0.3) is 5.82 Å². The third kappa shape index (κ3) is 6.36. The van der Waals surface area contributed by atoms with Gasteiger partial charge in [-0.15, -0.1) is 5.10 Å². The molecule has 0 spiro atoms. The molecule has 1 aliphatic heterocycles. The van der Waals surface area contributed by atoms with Crippen LogP contribution < -0.4 is 25.4 Å². The first-order valence-corrected chi connectivity index (χ1v) is 13.2. The van der Waals surface area contributed by atoms with E-state index in [1.807, 2.05) is 6.92 Å². The van der Waals surface area contributed by atoms with Crippen LogP contribution >= 0.6 is 0 Å². The van der Waals surface area contributed by atoms with Gasteiger partial charge in [0.25, 0.3) is 5.91 Å². The van der Waals surface area contributed by atoms with E-state index in [2.05, 4.69) is 40.7 Å². The van der Waals surface area contributed by atoms with Crippen molar-refractivity contribution in [3.8, 4) is 23.1 Å². The summed E-state index contributed by atoms with van der Waals surface area (Å²) in [7, 11) is 1.52. The van der Waals surface area contributed by atoms with Gasteiger partial charge in [0.05, 0.1) is 25.5 Å². The van der Waals surface area contributed by atoms with Crippen molar-refractivity contribution >= 4 is 23.9 Å². The highest BCUT2D eigenvalue weighted by Crippen LogP contribution is 2.29. The highest BCUT2D eigenvalue weighted by atomic mass is 16.6. The van der Waals surface area contributed by atoms with E-state index >= 15 is 0 Å². The molecule has 3 heterocycles. The summed E-state index contributed by atoms with van der Waals surface area (Å²) in [5.41, 5.74) is 9.79. The number of hydrogen-bond acceptors (Lipinski definition) is 13. The number of rotatable bonds is 11.